The van der Waals surface area contributed by atoms with Crippen LogP contribution < -0.4 is 0 Å². The quantitative estimate of drug-likeness (QED) is 0.334. The molecule has 1 aromatic carbocycles. The second kappa shape index (κ2) is 7.22. The normalized spacial score (nSPS) is 15.7. The van der Waals surface area contributed by atoms with E-state index >= 15 is 0 Å². The van der Waals surface area contributed by atoms with Crippen LogP contribution in [0.4, 0.5) is 10.5 Å². The van der Waals surface area contributed by atoms with Crippen molar-refractivity contribution in [3.05, 3.63) is 66.7 Å². The highest BCUT2D eigenvalue weighted by atomic mass is 32.2. The van der Waals surface area contributed by atoms with Gasteiger partial charge >= 0.3 is 0 Å². The molecule has 1 aliphatic rings. The standard InChI is InChI=1S/C17H12N2O5S2/c1-10-6-7-25-14(10)8-15-16(21)18(17(22)26-15)9-13(20)11-2-4-12(5-3-11)19(23)24/h2-8H,9H2,1H3/b15-8+. The summed E-state index contributed by atoms with van der Waals surface area (Å²) in [5.74, 6) is -0.973. The minimum absolute atomic E-state index is 0.137. The molecule has 0 bridgehead atoms. The zero-order valence-corrected chi connectivity index (χ0v) is 15.1. The van der Waals surface area contributed by atoms with E-state index in [9.17, 15) is 24.5 Å². The van der Waals surface area contributed by atoms with E-state index < -0.39 is 28.4 Å². The highest BCUT2D eigenvalue weighted by Gasteiger charge is 2.36. The summed E-state index contributed by atoms with van der Waals surface area (Å²) in [7, 11) is 0. The third kappa shape index (κ3) is 3.58. The molecule has 2 aromatic rings. The Kier molecular flexibility index (Phi) is 5.01. The van der Waals surface area contributed by atoms with Crippen LogP contribution >= 0.6 is 23.1 Å². The Morgan fingerprint density at radius 3 is 2.50 bits per heavy atom. The van der Waals surface area contributed by atoms with Gasteiger partial charge in [0.05, 0.1) is 16.4 Å². The topological polar surface area (TPSA) is 97.6 Å². The van der Waals surface area contributed by atoms with Gasteiger partial charge in [-0.3, -0.25) is 29.4 Å². The number of hydrogen-bond acceptors (Lipinski definition) is 7. The molecule has 0 saturated carbocycles. The van der Waals surface area contributed by atoms with E-state index in [1.165, 1.54) is 35.6 Å². The Hall–Kier alpha value is -2.78. The molecular weight excluding hydrogens is 376 g/mol. The maximum atomic E-state index is 12.4. The van der Waals surface area contributed by atoms with Gasteiger partial charge in [-0.25, -0.2) is 0 Å². The zero-order chi connectivity index (χ0) is 18.8. The lowest BCUT2D eigenvalue weighted by Crippen LogP contribution is -2.33. The fourth-order valence-corrected chi connectivity index (χ4v) is 4.04. The van der Waals surface area contributed by atoms with Gasteiger partial charge in [0.15, 0.2) is 5.78 Å². The van der Waals surface area contributed by atoms with Crippen LogP contribution in [-0.2, 0) is 4.79 Å². The van der Waals surface area contributed by atoms with Crippen molar-refractivity contribution in [2.24, 2.45) is 0 Å². The summed E-state index contributed by atoms with van der Waals surface area (Å²) < 4.78 is 0. The summed E-state index contributed by atoms with van der Waals surface area (Å²) in [5, 5.41) is 12.0. The number of imide groups is 1. The van der Waals surface area contributed by atoms with Crippen molar-refractivity contribution in [2.45, 2.75) is 6.92 Å². The molecule has 1 aliphatic heterocycles. The van der Waals surface area contributed by atoms with Crippen LogP contribution in [0.3, 0.4) is 0 Å². The van der Waals surface area contributed by atoms with E-state index in [-0.39, 0.29) is 16.2 Å². The predicted octanol–water partition coefficient (Wildman–Crippen LogP) is 3.88. The van der Waals surface area contributed by atoms with Gasteiger partial charge in [0, 0.05) is 22.6 Å². The second-order valence-corrected chi connectivity index (χ2v) is 7.40. The monoisotopic (exact) mass is 388 g/mol. The maximum absolute atomic E-state index is 12.4. The van der Waals surface area contributed by atoms with Crippen LogP contribution in [0, 0.1) is 17.0 Å². The third-order valence-corrected chi connectivity index (χ3v) is 5.61. The van der Waals surface area contributed by atoms with Gasteiger partial charge in [0.1, 0.15) is 0 Å². The van der Waals surface area contributed by atoms with Gasteiger partial charge in [-0.1, -0.05) is 0 Å². The van der Waals surface area contributed by atoms with Crippen molar-refractivity contribution in [3.63, 3.8) is 0 Å². The molecule has 0 N–H and O–H groups in total. The molecule has 26 heavy (non-hydrogen) atoms. The molecule has 0 unspecified atom stereocenters. The number of carbonyl (C=O) groups is 3. The van der Waals surface area contributed by atoms with E-state index in [1.54, 1.807) is 6.08 Å². The molecule has 1 fully saturated rings. The van der Waals surface area contributed by atoms with E-state index in [0.29, 0.717) is 0 Å². The van der Waals surface area contributed by atoms with Gasteiger partial charge in [-0.2, -0.15) is 0 Å². The van der Waals surface area contributed by atoms with Crippen molar-refractivity contribution < 1.29 is 19.3 Å². The molecule has 7 nitrogen and oxygen atoms in total. The average molecular weight is 388 g/mol. The molecular formula is C17H12N2O5S2. The van der Waals surface area contributed by atoms with Gasteiger partial charge in [-0.15, -0.1) is 11.3 Å². The van der Waals surface area contributed by atoms with E-state index in [0.717, 1.165) is 27.1 Å². The van der Waals surface area contributed by atoms with E-state index in [1.807, 2.05) is 18.4 Å². The highest BCUT2D eigenvalue weighted by Crippen LogP contribution is 2.33. The summed E-state index contributed by atoms with van der Waals surface area (Å²) >= 11 is 2.26. The van der Waals surface area contributed by atoms with Crippen molar-refractivity contribution in [1.82, 2.24) is 4.90 Å². The molecule has 132 valence electrons. The Morgan fingerprint density at radius 2 is 1.92 bits per heavy atom. The summed E-state index contributed by atoms with van der Waals surface area (Å²) in [5.41, 5.74) is 1.07. The lowest BCUT2D eigenvalue weighted by molar-refractivity contribution is -0.384. The predicted molar refractivity (Wildman–Crippen MR) is 99.2 cm³/mol. The Balaban J connectivity index is 1.75. The zero-order valence-electron chi connectivity index (χ0n) is 13.5. The smallest absolute Gasteiger partial charge is 0.292 e. The summed E-state index contributed by atoms with van der Waals surface area (Å²) in [6, 6.07) is 6.95. The Bertz CT molecular complexity index is 946. The molecule has 1 saturated heterocycles. The largest absolute Gasteiger partial charge is 0.293 e. The number of nitro groups is 1. The first-order chi connectivity index (χ1) is 12.4. The third-order valence-electron chi connectivity index (χ3n) is 3.74. The summed E-state index contributed by atoms with van der Waals surface area (Å²) in [4.78, 5) is 49.0. The van der Waals surface area contributed by atoms with E-state index in [2.05, 4.69) is 0 Å². The number of benzene rings is 1. The van der Waals surface area contributed by atoms with Crippen LogP contribution in [0.15, 0.2) is 40.6 Å². The number of aryl methyl sites for hydroxylation is 1. The average Bonchev–Trinajstić information content (AvgIpc) is 3.13. The van der Waals surface area contributed by atoms with Crippen LogP contribution in [0.2, 0.25) is 0 Å². The van der Waals surface area contributed by atoms with Crippen LogP contribution in [0.5, 0.6) is 0 Å². The number of rotatable bonds is 5. The number of hydrogen-bond donors (Lipinski definition) is 0. The fourth-order valence-electron chi connectivity index (χ4n) is 2.29. The summed E-state index contributed by atoms with van der Waals surface area (Å²) in [6.45, 7) is 1.51. The number of thioether (sulfide) groups is 1. The number of Topliss-reactive ketones (excluding diaryl/α,β-unsaturated/α-hetero) is 1. The number of nitrogens with zero attached hydrogens (tertiary/aromatic N) is 2. The number of carbonyl (C=O) groups excluding carboxylic acids is 3. The van der Waals surface area contributed by atoms with Crippen molar-refractivity contribution in [2.75, 3.05) is 6.54 Å². The number of ketones is 1. The van der Waals surface area contributed by atoms with Crippen LogP contribution in [0.25, 0.3) is 6.08 Å². The number of non-ortho nitro benzene ring substituents is 1. The first-order valence-corrected chi connectivity index (χ1v) is 9.13. The SMILES string of the molecule is Cc1ccsc1/C=C1/SC(=O)N(CC(=O)c2ccc([N+](=O)[O-])cc2)C1=O. The molecule has 2 amide bonds. The molecule has 9 heteroatoms. The van der Waals surface area contributed by atoms with Crippen molar-refractivity contribution in [3.8, 4) is 0 Å². The first-order valence-electron chi connectivity index (χ1n) is 7.44. The minimum atomic E-state index is -0.567. The first kappa shape index (κ1) is 18.0. The lowest BCUT2D eigenvalue weighted by atomic mass is 10.1. The van der Waals surface area contributed by atoms with Gasteiger partial charge in [0.25, 0.3) is 16.8 Å². The lowest BCUT2D eigenvalue weighted by Gasteiger charge is -2.11. The molecule has 2 heterocycles. The summed E-state index contributed by atoms with van der Waals surface area (Å²) in [6.07, 6.45) is 1.65. The van der Waals surface area contributed by atoms with Crippen LogP contribution in [0.1, 0.15) is 20.8 Å². The second-order valence-electron chi connectivity index (χ2n) is 5.46. The van der Waals surface area contributed by atoms with E-state index in [4.69, 9.17) is 0 Å². The minimum Gasteiger partial charge on any atom is -0.292 e. The highest BCUT2D eigenvalue weighted by molar-refractivity contribution is 8.18. The Morgan fingerprint density at radius 1 is 1.23 bits per heavy atom. The fraction of sp³-hybridized carbons (Fsp3) is 0.118. The van der Waals surface area contributed by atoms with Gasteiger partial charge < -0.3 is 0 Å². The maximum Gasteiger partial charge on any atom is 0.293 e. The molecule has 0 radical (unpaired) electrons. The number of nitro benzene ring substituents is 1. The Labute approximate surface area is 156 Å². The molecule has 0 aliphatic carbocycles. The van der Waals surface area contributed by atoms with Crippen molar-refractivity contribution >= 4 is 51.8 Å². The number of thiophene rings is 1. The molecule has 0 atom stereocenters. The van der Waals surface area contributed by atoms with Gasteiger partial charge in [-0.05, 0) is 53.9 Å². The molecule has 1 aromatic heterocycles. The van der Waals surface area contributed by atoms with Crippen LogP contribution in [-0.4, -0.2) is 33.3 Å². The molecule has 3 rings (SSSR count). The van der Waals surface area contributed by atoms with Gasteiger partial charge in [0.2, 0.25) is 0 Å². The number of amides is 2. The molecule has 0 spiro atoms. The van der Waals surface area contributed by atoms with Crippen molar-refractivity contribution in [1.29, 1.82) is 0 Å².